The van der Waals surface area contributed by atoms with Crippen LogP contribution in [-0.4, -0.2) is 18.2 Å². The molecule has 0 bridgehead atoms. The van der Waals surface area contributed by atoms with Gasteiger partial charge in [0, 0.05) is 12.3 Å². The number of hydrogen-bond donors (Lipinski definition) is 1. The third-order valence-corrected chi connectivity index (χ3v) is 2.82. The number of carbonyl (C=O) groups excluding carboxylic acids is 1. The lowest BCUT2D eigenvalue weighted by atomic mass is 10.2. The van der Waals surface area contributed by atoms with E-state index in [2.05, 4.69) is 12.2 Å². The molecular weight excluding hydrogens is 158 g/mol. The summed E-state index contributed by atoms with van der Waals surface area (Å²) < 4.78 is 0. The summed E-state index contributed by atoms with van der Waals surface area (Å²) in [7, 11) is 0. The van der Waals surface area contributed by atoms with Crippen molar-refractivity contribution in [2.45, 2.75) is 13.8 Å². The van der Waals surface area contributed by atoms with E-state index >= 15 is 0 Å². The first-order valence-electron chi connectivity index (χ1n) is 3.87. The zero-order chi connectivity index (χ0) is 8.27. The minimum absolute atomic E-state index is 0.0850. The fraction of sp³-hybridized carbons (Fsp3) is 0.625. The van der Waals surface area contributed by atoms with Gasteiger partial charge in [0.1, 0.15) is 0 Å². The van der Waals surface area contributed by atoms with Crippen molar-refractivity contribution in [3.63, 3.8) is 0 Å². The largest absolute Gasteiger partial charge is 0.352 e. The van der Waals surface area contributed by atoms with Crippen molar-refractivity contribution in [3.8, 4) is 0 Å². The molecule has 1 amide bonds. The smallest absolute Gasteiger partial charge is 0.257 e. The molecule has 1 heterocycles. The van der Waals surface area contributed by atoms with E-state index in [-0.39, 0.29) is 5.91 Å². The van der Waals surface area contributed by atoms with Crippen molar-refractivity contribution < 1.29 is 4.79 Å². The molecule has 1 atom stereocenters. The first-order valence-corrected chi connectivity index (χ1v) is 4.85. The molecule has 0 fully saturated rings. The summed E-state index contributed by atoms with van der Waals surface area (Å²) in [5.41, 5.74) is 0. The summed E-state index contributed by atoms with van der Waals surface area (Å²) >= 11 is 1.65. The molecule has 3 heteroatoms. The zero-order valence-electron chi connectivity index (χ0n) is 6.89. The Morgan fingerprint density at radius 2 is 2.64 bits per heavy atom. The maximum Gasteiger partial charge on any atom is 0.257 e. The summed E-state index contributed by atoms with van der Waals surface area (Å²) in [6.45, 7) is 4.77. The maximum absolute atomic E-state index is 11.2. The lowest BCUT2D eigenvalue weighted by Gasteiger charge is -1.99. The summed E-state index contributed by atoms with van der Waals surface area (Å²) in [5.74, 6) is 1.69. The number of rotatable bonds is 2. The van der Waals surface area contributed by atoms with Gasteiger partial charge in [-0.2, -0.15) is 0 Å². The average Bonchev–Trinajstić information content (AvgIpc) is 2.36. The van der Waals surface area contributed by atoms with E-state index in [1.165, 1.54) is 0 Å². The van der Waals surface area contributed by atoms with Crippen LogP contribution in [0.4, 0.5) is 0 Å². The zero-order valence-corrected chi connectivity index (χ0v) is 7.70. The van der Waals surface area contributed by atoms with Gasteiger partial charge in [-0.3, -0.25) is 4.79 Å². The Morgan fingerprint density at radius 1 is 1.91 bits per heavy atom. The molecule has 1 aliphatic heterocycles. The van der Waals surface area contributed by atoms with Crippen LogP contribution in [0.2, 0.25) is 0 Å². The van der Waals surface area contributed by atoms with Crippen molar-refractivity contribution in [2.24, 2.45) is 5.92 Å². The molecule has 0 saturated carbocycles. The van der Waals surface area contributed by atoms with Gasteiger partial charge in [-0.05, 0) is 12.8 Å². The van der Waals surface area contributed by atoms with Crippen LogP contribution < -0.4 is 5.32 Å². The van der Waals surface area contributed by atoms with Crippen LogP contribution in [0, 0.1) is 5.92 Å². The number of carbonyl (C=O) groups is 1. The Hall–Kier alpha value is -0.440. The molecule has 1 aliphatic rings. The Balaban J connectivity index is 2.48. The van der Waals surface area contributed by atoms with E-state index in [0.717, 1.165) is 10.7 Å². The Kier molecular flexibility index (Phi) is 3.00. The Morgan fingerprint density at radius 3 is 3.09 bits per heavy atom. The van der Waals surface area contributed by atoms with Crippen LogP contribution in [-0.2, 0) is 4.79 Å². The topological polar surface area (TPSA) is 29.1 Å². The van der Waals surface area contributed by atoms with Crippen LogP contribution in [0.25, 0.3) is 0 Å². The van der Waals surface area contributed by atoms with Crippen LogP contribution in [0.1, 0.15) is 13.8 Å². The molecule has 0 aliphatic carbocycles. The van der Waals surface area contributed by atoms with Crippen LogP contribution in [0.15, 0.2) is 11.0 Å². The van der Waals surface area contributed by atoms with Gasteiger partial charge in [0.05, 0.1) is 4.91 Å². The van der Waals surface area contributed by atoms with Crippen molar-refractivity contribution in [3.05, 3.63) is 11.0 Å². The second-order valence-electron chi connectivity index (χ2n) is 2.68. The molecule has 0 spiro atoms. The predicted molar refractivity (Wildman–Crippen MR) is 48.4 cm³/mol. The molecule has 2 nitrogen and oxygen atoms in total. The predicted octanol–water partition coefficient (Wildman–Crippen LogP) is 1.39. The Bertz CT molecular complexity index is 189. The summed E-state index contributed by atoms with van der Waals surface area (Å²) in [5, 5.41) is 2.78. The lowest BCUT2D eigenvalue weighted by Crippen LogP contribution is -2.22. The van der Waals surface area contributed by atoms with E-state index in [9.17, 15) is 4.79 Å². The van der Waals surface area contributed by atoms with Gasteiger partial charge >= 0.3 is 0 Å². The van der Waals surface area contributed by atoms with E-state index in [0.29, 0.717) is 12.5 Å². The molecule has 0 aromatic rings. The minimum atomic E-state index is 0.0850. The molecule has 1 N–H and O–H groups in total. The SMILES string of the molecule is CCNC(=O)C1=CC(C)CS1. The van der Waals surface area contributed by atoms with E-state index in [1.807, 2.05) is 13.0 Å². The standard InChI is InChI=1S/C8H13NOS/c1-3-9-8(10)7-4-6(2)5-11-7/h4,6H,3,5H2,1-2H3,(H,9,10). The van der Waals surface area contributed by atoms with E-state index in [1.54, 1.807) is 11.8 Å². The summed E-state index contributed by atoms with van der Waals surface area (Å²) in [4.78, 5) is 12.1. The van der Waals surface area contributed by atoms with Gasteiger partial charge in [-0.25, -0.2) is 0 Å². The normalized spacial score (nSPS) is 23.1. The Labute approximate surface area is 71.4 Å². The van der Waals surface area contributed by atoms with Crippen molar-refractivity contribution in [2.75, 3.05) is 12.3 Å². The van der Waals surface area contributed by atoms with Crippen LogP contribution in [0.5, 0.6) is 0 Å². The lowest BCUT2D eigenvalue weighted by molar-refractivity contribution is -0.116. The van der Waals surface area contributed by atoms with E-state index < -0.39 is 0 Å². The van der Waals surface area contributed by atoms with Gasteiger partial charge in [0.2, 0.25) is 0 Å². The van der Waals surface area contributed by atoms with Gasteiger partial charge in [0.15, 0.2) is 0 Å². The molecular formula is C8H13NOS. The maximum atomic E-state index is 11.2. The van der Waals surface area contributed by atoms with Crippen LogP contribution >= 0.6 is 11.8 Å². The molecule has 0 saturated heterocycles. The van der Waals surface area contributed by atoms with Crippen molar-refractivity contribution in [1.82, 2.24) is 5.32 Å². The molecule has 62 valence electrons. The van der Waals surface area contributed by atoms with Crippen molar-refractivity contribution >= 4 is 17.7 Å². The fourth-order valence-corrected chi connectivity index (χ4v) is 2.04. The minimum Gasteiger partial charge on any atom is -0.352 e. The number of allylic oxidation sites excluding steroid dienone is 1. The monoisotopic (exact) mass is 171 g/mol. The average molecular weight is 171 g/mol. The second kappa shape index (κ2) is 3.81. The number of likely N-dealkylation sites (N-methyl/N-ethyl adjacent to an activating group) is 1. The second-order valence-corrected chi connectivity index (χ2v) is 3.74. The third-order valence-electron chi connectivity index (χ3n) is 1.50. The number of thioether (sulfide) groups is 1. The van der Waals surface area contributed by atoms with Gasteiger partial charge in [-0.1, -0.05) is 13.0 Å². The first kappa shape index (κ1) is 8.65. The fourth-order valence-electron chi connectivity index (χ4n) is 0.965. The molecule has 11 heavy (non-hydrogen) atoms. The van der Waals surface area contributed by atoms with E-state index in [4.69, 9.17) is 0 Å². The quantitative estimate of drug-likeness (QED) is 0.680. The highest BCUT2D eigenvalue weighted by atomic mass is 32.2. The summed E-state index contributed by atoms with van der Waals surface area (Å²) in [6.07, 6.45) is 2.04. The number of nitrogens with one attached hydrogen (secondary N) is 1. The molecule has 1 unspecified atom stereocenters. The van der Waals surface area contributed by atoms with Gasteiger partial charge < -0.3 is 5.32 Å². The highest BCUT2D eigenvalue weighted by Gasteiger charge is 2.17. The summed E-state index contributed by atoms with van der Waals surface area (Å²) in [6, 6.07) is 0. The highest BCUT2D eigenvalue weighted by molar-refractivity contribution is 8.04. The number of amides is 1. The first-order chi connectivity index (χ1) is 5.24. The van der Waals surface area contributed by atoms with Crippen molar-refractivity contribution in [1.29, 1.82) is 0 Å². The molecule has 1 rings (SSSR count). The molecule has 0 radical (unpaired) electrons. The molecule has 0 aromatic carbocycles. The third kappa shape index (κ3) is 2.26. The van der Waals surface area contributed by atoms with Gasteiger partial charge in [0.25, 0.3) is 5.91 Å². The van der Waals surface area contributed by atoms with Crippen LogP contribution in [0.3, 0.4) is 0 Å². The highest BCUT2D eigenvalue weighted by Crippen LogP contribution is 2.28. The van der Waals surface area contributed by atoms with Gasteiger partial charge in [-0.15, -0.1) is 11.8 Å². The molecule has 0 aromatic heterocycles. The number of hydrogen-bond acceptors (Lipinski definition) is 2.